The maximum absolute atomic E-state index is 8.44. The molecule has 0 amide bonds. The molecule has 1 atom stereocenters. The van der Waals surface area contributed by atoms with E-state index in [0.717, 1.165) is 19.3 Å². The molecule has 0 aliphatic rings. The number of unbranched alkanes of at least 4 members (excludes halogenated alkanes) is 1. The van der Waals surface area contributed by atoms with Crippen LogP contribution in [0, 0.1) is 0 Å². The molecule has 0 unspecified atom stereocenters. The van der Waals surface area contributed by atoms with E-state index in [4.69, 9.17) is 10.8 Å². The minimum atomic E-state index is 0.00921. The molecule has 0 spiro atoms. The van der Waals surface area contributed by atoms with Crippen molar-refractivity contribution in [1.82, 2.24) is 0 Å². The molecule has 0 saturated heterocycles. The van der Waals surface area contributed by atoms with Gasteiger partial charge in [0.25, 0.3) is 0 Å². The van der Waals surface area contributed by atoms with Gasteiger partial charge >= 0.3 is 0 Å². The first-order valence-electron chi connectivity index (χ1n) is 3.17. The van der Waals surface area contributed by atoms with Gasteiger partial charge in [0.05, 0.1) is 6.61 Å². The van der Waals surface area contributed by atoms with E-state index in [0.29, 0.717) is 0 Å². The standard InChI is InChI=1S/C6H15NO/c1-2-3-4-6(7)5-8/h6,8H,2-5,7H2,1H3/t6-/m0/s1. The third-order valence-corrected chi connectivity index (χ3v) is 1.16. The predicted octanol–water partition coefficient (Wildman–Crippen LogP) is 0.496. The fraction of sp³-hybridized carbons (Fsp3) is 1.00. The van der Waals surface area contributed by atoms with Crippen LogP contribution in [0.5, 0.6) is 0 Å². The maximum Gasteiger partial charge on any atom is 0.0582 e. The van der Waals surface area contributed by atoms with Gasteiger partial charge in [0.15, 0.2) is 0 Å². The molecule has 3 N–H and O–H groups in total. The first-order chi connectivity index (χ1) is 3.81. The van der Waals surface area contributed by atoms with E-state index >= 15 is 0 Å². The first kappa shape index (κ1) is 7.92. The highest BCUT2D eigenvalue weighted by Gasteiger charge is 1.96. The average molecular weight is 117 g/mol. The molecule has 0 aliphatic carbocycles. The Hall–Kier alpha value is -0.0800. The van der Waals surface area contributed by atoms with Crippen molar-refractivity contribution in [3.8, 4) is 0 Å². The fourth-order valence-electron chi connectivity index (χ4n) is 0.558. The number of hydrogen-bond donors (Lipinski definition) is 2. The highest BCUT2D eigenvalue weighted by atomic mass is 16.3. The lowest BCUT2D eigenvalue weighted by Crippen LogP contribution is -2.23. The van der Waals surface area contributed by atoms with Crippen LogP contribution in [0.4, 0.5) is 0 Å². The van der Waals surface area contributed by atoms with Crippen LogP contribution in [-0.4, -0.2) is 17.8 Å². The van der Waals surface area contributed by atoms with Crippen molar-refractivity contribution >= 4 is 0 Å². The summed E-state index contributed by atoms with van der Waals surface area (Å²) in [7, 11) is 0. The second-order valence-corrected chi connectivity index (χ2v) is 2.08. The minimum absolute atomic E-state index is 0.00921. The van der Waals surface area contributed by atoms with Crippen LogP contribution in [0.1, 0.15) is 26.2 Å². The summed E-state index contributed by atoms with van der Waals surface area (Å²) in [6.45, 7) is 2.24. The Morgan fingerprint density at radius 2 is 2.25 bits per heavy atom. The molecule has 0 radical (unpaired) electrons. The number of hydrogen-bond acceptors (Lipinski definition) is 2. The molecule has 0 aromatic rings. The van der Waals surface area contributed by atoms with Gasteiger partial charge in [-0.05, 0) is 6.42 Å². The Bertz CT molecular complexity index is 47.8. The van der Waals surface area contributed by atoms with E-state index in [-0.39, 0.29) is 12.6 Å². The van der Waals surface area contributed by atoms with Crippen molar-refractivity contribution in [3.05, 3.63) is 0 Å². The highest BCUT2D eigenvalue weighted by molar-refractivity contribution is 4.56. The van der Waals surface area contributed by atoms with Gasteiger partial charge in [0.2, 0.25) is 0 Å². The fourth-order valence-corrected chi connectivity index (χ4v) is 0.558. The quantitative estimate of drug-likeness (QED) is 0.563. The molecule has 0 saturated carbocycles. The van der Waals surface area contributed by atoms with Crippen molar-refractivity contribution in [2.45, 2.75) is 32.2 Å². The molecule has 0 aromatic heterocycles. The Morgan fingerprint density at radius 1 is 1.62 bits per heavy atom. The highest BCUT2D eigenvalue weighted by Crippen LogP contribution is 1.95. The third-order valence-electron chi connectivity index (χ3n) is 1.16. The van der Waals surface area contributed by atoms with Crippen LogP contribution in [0.3, 0.4) is 0 Å². The van der Waals surface area contributed by atoms with Crippen LogP contribution < -0.4 is 5.73 Å². The van der Waals surface area contributed by atoms with E-state index in [1.807, 2.05) is 0 Å². The van der Waals surface area contributed by atoms with Crippen LogP contribution >= 0.6 is 0 Å². The smallest absolute Gasteiger partial charge is 0.0582 e. The second-order valence-electron chi connectivity index (χ2n) is 2.08. The Morgan fingerprint density at radius 3 is 2.62 bits per heavy atom. The molecule has 2 nitrogen and oxygen atoms in total. The Balaban J connectivity index is 2.86. The summed E-state index contributed by atoms with van der Waals surface area (Å²) in [6, 6.07) is 0.00921. The van der Waals surface area contributed by atoms with Crippen LogP contribution in [0.15, 0.2) is 0 Å². The largest absolute Gasteiger partial charge is 0.395 e. The third kappa shape index (κ3) is 4.09. The van der Waals surface area contributed by atoms with Gasteiger partial charge in [-0.1, -0.05) is 19.8 Å². The monoisotopic (exact) mass is 117 g/mol. The summed E-state index contributed by atoms with van der Waals surface area (Å²) in [6.07, 6.45) is 3.24. The molecule has 0 aliphatic heterocycles. The van der Waals surface area contributed by atoms with E-state index in [1.165, 1.54) is 0 Å². The van der Waals surface area contributed by atoms with Crippen molar-refractivity contribution in [2.75, 3.05) is 6.61 Å². The van der Waals surface area contributed by atoms with Crippen molar-refractivity contribution < 1.29 is 5.11 Å². The molecular formula is C6H15NO. The van der Waals surface area contributed by atoms with E-state index in [9.17, 15) is 0 Å². The predicted molar refractivity (Wildman–Crippen MR) is 34.6 cm³/mol. The summed E-state index contributed by atoms with van der Waals surface area (Å²) in [5, 5.41) is 8.44. The van der Waals surface area contributed by atoms with Gasteiger partial charge < -0.3 is 10.8 Å². The van der Waals surface area contributed by atoms with Crippen LogP contribution in [0.2, 0.25) is 0 Å². The zero-order chi connectivity index (χ0) is 6.41. The van der Waals surface area contributed by atoms with Crippen molar-refractivity contribution in [2.24, 2.45) is 5.73 Å². The van der Waals surface area contributed by atoms with Gasteiger partial charge in [0, 0.05) is 6.04 Å². The van der Waals surface area contributed by atoms with Gasteiger partial charge in [-0.3, -0.25) is 0 Å². The molecule has 0 fully saturated rings. The summed E-state index contributed by atoms with van der Waals surface area (Å²) in [5.74, 6) is 0. The summed E-state index contributed by atoms with van der Waals surface area (Å²) in [4.78, 5) is 0. The lowest BCUT2D eigenvalue weighted by atomic mass is 10.1. The van der Waals surface area contributed by atoms with Gasteiger partial charge in [-0.2, -0.15) is 0 Å². The molecule has 0 bridgehead atoms. The first-order valence-corrected chi connectivity index (χ1v) is 3.17. The molecule has 2 heteroatoms. The Kier molecular flexibility index (Phi) is 5.01. The molecule has 0 aromatic carbocycles. The minimum Gasteiger partial charge on any atom is -0.395 e. The molecular weight excluding hydrogens is 102 g/mol. The Labute approximate surface area is 50.7 Å². The number of aliphatic hydroxyl groups is 1. The normalized spacial score (nSPS) is 13.9. The summed E-state index contributed by atoms with van der Waals surface area (Å²) in [5.41, 5.74) is 5.41. The van der Waals surface area contributed by atoms with Gasteiger partial charge in [-0.25, -0.2) is 0 Å². The second kappa shape index (κ2) is 5.06. The molecule has 0 heterocycles. The zero-order valence-corrected chi connectivity index (χ0v) is 5.43. The van der Waals surface area contributed by atoms with Gasteiger partial charge in [0.1, 0.15) is 0 Å². The number of nitrogens with two attached hydrogens (primary N) is 1. The van der Waals surface area contributed by atoms with Gasteiger partial charge in [-0.15, -0.1) is 0 Å². The molecule has 8 heavy (non-hydrogen) atoms. The van der Waals surface area contributed by atoms with E-state index in [2.05, 4.69) is 6.92 Å². The summed E-state index contributed by atoms with van der Waals surface area (Å²) >= 11 is 0. The van der Waals surface area contributed by atoms with E-state index in [1.54, 1.807) is 0 Å². The zero-order valence-electron chi connectivity index (χ0n) is 5.43. The number of rotatable bonds is 4. The van der Waals surface area contributed by atoms with Crippen LogP contribution in [0.25, 0.3) is 0 Å². The van der Waals surface area contributed by atoms with Crippen molar-refractivity contribution in [3.63, 3.8) is 0 Å². The van der Waals surface area contributed by atoms with Crippen molar-refractivity contribution in [1.29, 1.82) is 0 Å². The SMILES string of the molecule is CCCC[C@H](N)CO. The maximum atomic E-state index is 8.44. The van der Waals surface area contributed by atoms with Crippen LogP contribution in [-0.2, 0) is 0 Å². The molecule has 0 rings (SSSR count). The average Bonchev–Trinajstić information content (AvgIpc) is 1.83. The molecule has 50 valence electrons. The van der Waals surface area contributed by atoms with E-state index < -0.39 is 0 Å². The lowest BCUT2D eigenvalue weighted by molar-refractivity contribution is 0.258. The number of aliphatic hydroxyl groups excluding tert-OH is 1. The lowest BCUT2D eigenvalue weighted by Gasteiger charge is -2.04. The topological polar surface area (TPSA) is 46.2 Å². The summed E-state index contributed by atoms with van der Waals surface area (Å²) < 4.78 is 0.